The van der Waals surface area contributed by atoms with Gasteiger partial charge in [-0.15, -0.1) is 0 Å². The quantitative estimate of drug-likeness (QED) is 0.464. The van der Waals surface area contributed by atoms with Gasteiger partial charge in [-0.2, -0.15) is 0 Å². The smallest absolute Gasteiger partial charge is 0.263 e. The number of carbonyl (C=O) groups excluding carboxylic acids is 2. The molecule has 0 saturated carbocycles. The van der Waals surface area contributed by atoms with Crippen LogP contribution in [-0.2, 0) is 14.8 Å². The normalized spacial score (nSPS) is 16.4. The number of nitrogens with one attached hydrogen (secondary N) is 1. The molecule has 1 aliphatic carbocycles. The maximum Gasteiger partial charge on any atom is 0.263 e. The number of halogens is 2. The second kappa shape index (κ2) is 11.4. The van der Waals surface area contributed by atoms with E-state index >= 15 is 0 Å². The summed E-state index contributed by atoms with van der Waals surface area (Å²) in [6, 6.07) is 13.4. The number of pyridine rings is 1. The number of benzene rings is 2. The van der Waals surface area contributed by atoms with Gasteiger partial charge in [0, 0.05) is 54.1 Å². The predicted molar refractivity (Wildman–Crippen MR) is 151 cm³/mol. The van der Waals surface area contributed by atoms with Crippen LogP contribution in [0.25, 0.3) is 10.9 Å². The van der Waals surface area contributed by atoms with Gasteiger partial charge in [0.25, 0.3) is 15.9 Å². The minimum atomic E-state index is -3.85. The first-order valence-corrected chi connectivity index (χ1v) is 14.8. The predicted octanol–water partition coefficient (Wildman–Crippen LogP) is 4.80. The van der Waals surface area contributed by atoms with E-state index in [1.165, 1.54) is 6.07 Å². The fourth-order valence-corrected chi connectivity index (χ4v) is 6.58. The first-order valence-electron chi connectivity index (χ1n) is 12.5. The average Bonchev–Trinajstić information content (AvgIpc) is 3.19. The van der Waals surface area contributed by atoms with Crippen LogP contribution in [0.3, 0.4) is 0 Å². The number of carbonyl (C=O) groups is 2. The summed E-state index contributed by atoms with van der Waals surface area (Å²) in [5.41, 5.74) is 1.90. The molecule has 0 atom stereocenters. The standard InChI is InChI=1S/C28H26Cl2N4O4S/c29-21-9-12-23(24(30)18-21)28(36)34-15-3-14-33(16-17-34)27(35)20-7-10-22(11-8-20)32-39(37,38)25-6-1-4-19-5-2-13-31-26(19)25/h1-2,4-7,9-10,12-13,18,32H,3,8,11,14-17H2. The van der Waals surface area contributed by atoms with E-state index in [0.29, 0.717) is 77.8 Å². The Hall–Kier alpha value is -3.40. The first-order chi connectivity index (χ1) is 18.7. The molecule has 1 N–H and O–H groups in total. The van der Waals surface area contributed by atoms with Gasteiger partial charge in [-0.25, -0.2) is 8.42 Å². The van der Waals surface area contributed by atoms with E-state index < -0.39 is 10.0 Å². The molecule has 2 heterocycles. The van der Waals surface area contributed by atoms with Gasteiger partial charge in [-0.3, -0.25) is 19.3 Å². The van der Waals surface area contributed by atoms with Gasteiger partial charge in [-0.1, -0.05) is 47.5 Å². The van der Waals surface area contributed by atoms with E-state index in [4.69, 9.17) is 23.2 Å². The second-order valence-corrected chi connectivity index (χ2v) is 11.9. The Morgan fingerprint density at radius 3 is 2.33 bits per heavy atom. The summed E-state index contributed by atoms with van der Waals surface area (Å²) in [7, 11) is -3.85. The van der Waals surface area contributed by atoms with Crippen molar-refractivity contribution in [3.05, 3.63) is 93.8 Å². The van der Waals surface area contributed by atoms with Crippen LogP contribution < -0.4 is 4.72 Å². The van der Waals surface area contributed by atoms with Crippen LogP contribution in [0.1, 0.15) is 29.6 Å². The molecule has 0 spiro atoms. The zero-order valence-electron chi connectivity index (χ0n) is 20.9. The molecule has 0 radical (unpaired) electrons. The summed E-state index contributed by atoms with van der Waals surface area (Å²) in [5.74, 6) is -0.297. The summed E-state index contributed by atoms with van der Waals surface area (Å²) >= 11 is 12.2. The van der Waals surface area contributed by atoms with Crippen molar-refractivity contribution in [3.63, 3.8) is 0 Å². The van der Waals surface area contributed by atoms with Crippen LogP contribution in [0.4, 0.5) is 0 Å². The minimum Gasteiger partial charge on any atom is -0.337 e. The molecule has 1 saturated heterocycles. The number of rotatable bonds is 5. The molecular weight excluding hydrogens is 559 g/mol. The van der Waals surface area contributed by atoms with Crippen molar-refractivity contribution in [2.24, 2.45) is 0 Å². The van der Waals surface area contributed by atoms with Crippen molar-refractivity contribution in [3.8, 4) is 0 Å². The lowest BCUT2D eigenvalue weighted by Gasteiger charge is -2.24. The number of allylic oxidation sites excluding steroid dienone is 3. The molecule has 1 aromatic heterocycles. The fourth-order valence-electron chi connectivity index (χ4n) is 4.78. The third-order valence-electron chi connectivity index (χ3n) is 6.81. The highest BCUT2D eigenvalue weighted by atomic mass is 35.5. The first kappa shape index (κ1) is 27.2. The van der Waals surface area contributed by atoms with Gasteiger partial charge < -0.3 is 9.80 Å². The highest BCUT2D eigenvalue weighted by Gasteiger charge is 2.27. The number of amides is 2. The molecule has 2 aliphatic rings. The van der Waals surface area contributed by atoms with Crippen LogP contribution in [0.5, 0.6) is 0 Å². The highest BCUT2D eigenvalue weighted by molar-refractivity contribution is 7.89. The molecule has 8 nitrogen and oxygen atoms in total. The van der Waals surface area contributed by atoms with E-state index in [0.717, 1.165) is 5.39 Å². The number of sulfonamides is 1. The lowest BCUT2D eigenvalue weighted by atomic mass is 10.0. The second-order valence-electron chi connectivity index (χ2n) is 9.38. The Morgan fingerprint density at radius 2 is 1.62 bits per heavy atom. The third kappa shape index (κ3) is 5.95. The van der Waals surface area contributed by atoms with Crippen LogP contribution in [0.2, 0.25) is 10.0 Å². The van der Waals surface area contributed by atoms with E-state index in [1.54, 1.807) is 58.5 Å². The lowest BCUT2D eigenvalue weighted by Crippen LogP contribution is -2.38. The molecule has 39 heavy (non-hydrogen) atoms. The molecular formula is C28H26Cl2N4O4S. The van der Waals surface area contributed by atoms with Crippen LogP contribution in [0, 0.1) is 0 Å². The van der Waals surface area contributed by atoms with E-state index in [9.17, 15) is 18.0 Å². The summed E-state index contributed by atoms with van der Waals surface area (Å²) < 4.78 is 28.9. The molecule has 11 heteroatoms. The highest BCUT2D eigenvalue weighted by Crippen LogP contribution is 2.26. The SMILES string of the molecule is O=C(C1=CC=C(NS(=O)(=O)c2cccc3cccnc23)CC1)N1CCCN(C(=O)c2ccc(Cl)cc2Cl)CC1. The van der Waals surface area contributed by atoms with E-state index in [-0.39, 0.29) is 16.7 Å². The van der Waals surface area contributed by atoms with Crippen molar-refractivity contribution in [1.29, 1.82) is 0 Å². The minimum absolute atomic E-state index is 0.106. The van der Waals surface area contributed by atoms with E-state index in [1.807, 2.05) is 12.1 Å². The monoisotopic (exact) mass is 584 g/mol. The zero-order chi connectivity index (χ0) is 27.6. The number of nitrogens with zero attached hydrogens (tertiary/aromatic N) is 3. The van der Waals surface area contributed by atoms with Gasteiger partial charge in [-0.05, 0) is 55.7 Å². The van der Waals surface area contributed by atoms with Crippen LogP contribution in [0.15, 0.2) is 83.0 Å². The van der Waals surface area contributed by atoms with Crippen LogP contribution in [-0.4, -0.2) is 61.2 Å². The molecule has 2 amide bonds. The Labute approximate surface area is 237 Å². The third-order valence-corrected chi connectivity index (χ3v) is 8.79. The summed E-state index contributed by atoms with van der Waals surface area (Å²) in [6.45, 7) is 1.81. The molecule has 202 valence electrons. The Balaban J connectivity index is 1.24. The Bertz CT molecular complexity index is 1620. The maximum atomic E-state index is 13.2. The number of para-hydroxylation sites is 1. The zero-order valence-corrected chi connectivity index (χ0v) is 23.3. The molecule has 3 aromatic rings. The summed E-state index contributed by atoms with van der Waals surface area (Å²) in [4.78, 5) is 34.0. The van der Waals surface area contributed by atoms with Gasteiger partial charge in [0.05, 0.1) is 16.1 Å². The molecule has 1 fully saturated rings. The molecule has 1 aliphatic heterocycles. The van der Waals surface area contributed by atoms with Crippen LogP contribution >= 0.6 is 23.2 Å². The van der Waals surface area contributed by atoms with E-state index in [2.05, 4.69) is 9.71 Å². The Kier molecular flexibility index (Phi) is 7.93. The molecule has 2 aromatic carbocycles. The van der Waals surface area contributed by atoms with Crippen molar-refractivity contribution in [2.75, 3.05) is 26.2 Å². The molecule has 0 bridgehead atoms. The maximum absolute atomic E-state index is 13.2. The van der Waals surface area contributed by atoms with Crippen molar-refractivity contribution in [1.82, 2.24) is 19.5 Å². The topological polar surface area (TPSA) is 99.7 Å². The number of hydrogen-bond donors (Lipinski definition) is 1. The number of fused-ring (bicyclic) bond motifs is 1. The van der Waals surface area contributed by atoms with Gasteiger partial charge in [0.15, 0.2) is 0 Å². The van der Waals surface area contributed by atoms with Gasteiger partial charge in [0.2, 0.25) is 5.91 Å². The largest absolute Gasteiger partial charge is 0.337 e. The van der Waals surface area contributed by atoms with Crippen molar-refractivity contribution < 1.29 is 18.0 Å². The van der Waals surface area contributed by atoms with Gasteiger partial charge >= 0.3 is 0 Å². The Morgan fingerprint density at radius 1 is 0.872 bits per heavy atom. The summed E-state index contributed by atoms with van der Waals surface area (Å²) in [6.07, 6.45) is 6.29. The number of hydrogen-bond acceptors (Lipinski definition) is 5. The van der Waals surface area contributed by atoms with Crippen molar-refractivity contribution in [2.45, 2.75) is 24.2 Å². The van der Waals surface area contributed by atoms with Crippen molar-refractivity contribution >= 4 is 55.9 Å². The summed E-state index contributed by atoms with van der Waals surface area (Å²) in [5, 5.41) is 1.49. The lowest BCUT2D eigenvalue weighted by molar-refractivity contribution is -0.127. The van der Waals surface area contributed by atoms with Gasteiger partial charge in [0.1, 0.15) is 4.90 Å². The number of aromatic nitrogens is 1. The molecule has 0 unspecified atom stereocenters. The fraction of sp³-hybridized carbons (Fsp3) is 0.250. The molecule has 5 rings (SSSR count). The average molecular weight is 586 g/mol.